The number of para-hydroxylation sites is 1. The summed E-state index contributed by atoms with van der Waals surface area (Å²) >= 11 is 0. The molecule has 2 amide bonds. The molecule has 2 heterocycles. The summed E-state index contributed by atoms with van der Waals surface area (Å²) in [5.74, 6) is 0.778. The monoisotopic (exact) mass is 364 g/mol. The van der Waals surface area contributed by atoms with Gasteiger partial charge in [-0.05, 0) is 48.6 Å². The van der Waals surface area contributed by atoms with Crippen molar-refractivity contribution in [3.8, 4) is 5.75 Å². The highest BCUT2D eigenvalue weighted by Gasteiger charge is 2.28. The number of nitrogens with zero attached hydrogens (tertiary/aromatic N) is 1. The first-order valence-corrected chi connectivity index (χ1v) is 9.61. The van der Waals surface area contributed by atoms with Gasteiger partial charge in [0.15, 0.2) is 6.10 Å². The highest BCUT2D eigenvalue weighted by atomic mass is 16.5. The maximum Gasteiger partial charge on any atom is 0.261 e. The number of hydrogen-bond donors (Lipinski definition) is 1. The highest BCUT2D eigenvalue weighted by Crippen LogP contribution is 2.28. The van der Waals surface area contributed by atoms with Crippen molar-refractivity contribution in [2.45, 2.75) is 38.3 Å². The Morgan fingerprint density at radius 1 is 1.00 bits per heavy atom. The quantitative estimate of drug-likeness (QED) is 0.907. The van der Waals surface area contributed by atoms with Crippen molar-refractivity contribution in [2.75, 3.05) is 13.1 Å². The Hall–Kier alpha value is -2.82. The molecule has 0 aromatic heterocycles. The van der Waals surface area contributed by atoms with Gasteiger partial charge in [-0.3, -0.25) is 9.59 Å². The van der Waals surface area contributed by atoms with Gasteiger partial charge in [-0.25, -0.2) is 0 Å². The number of carbonyl (C=O) groups is 2. The summed E-state index contributed by atoms with van der Waals surface area (Å²) in [6.07, 6.45) is 3.51. The minimum Gasteiger partial charge on any atom is -0.480 e. The van der Waals surface area contributed by atoms with E-state index in [1.807, 2.05) is 53.4 Å². The lowest BCUT2D eigenvalue weighted by molar-refractivity contribution is -0.127. The van der Waals surface area contributed by atoms with Gasteiger partial charge in [0.25, 0.3) is 11.8 Å². The van der Waals surface area contributed by atoms with Crippen molar-refractivity contribution in [1.82, 2.24) is 10.2 Å². The third kappa shape index (κ3) is 3.97. The van der Waals surface area contributed by atoms with Gasteiger partial charge in [0, 0.05) is 31.6 Å². The maximum absolute atomic E-state index is 12.5. The summed E-state index contributed by atoms with van der Waals surface area (Å²) in [5.41, 5.74) is 2.74. The largest absolute Gasteiger partial charge is 0.480 e. The first kappa shape index (κ1) is 17.6. The number of amides is 2. The fourth-order valence-electron chi connectivity index (χ4n) is 3.68. The fraction of sp³-hybridized carbons (Fsp3) is 0.364. The Bertz CT molecular complexity index is 801. The third-order valence-corrected chi connectivity index (χ3v) is 5.25. The molecule has 2 aliphatic rings. The van der Waals surface area contributed by atoms with Crippen molar-refractivity contribution in [1.29, 1.82) is 0 Å². The average molecular weight is 364 g/mol. The van der Waals surface area contributed by atoms with Crippen molar-refractivity contribution in [3.63, 3.8) is 0 Å². The van der Waals surface area contributed by atoms with Gasteiger partial charge >= 0.3 is 0 Å². The Labute approximate surface area is 159 Å². The number of rotatable bonds is 4. The fourth-order valence-corrected chi connectivity index (χ4v) is 3.68. The number of likely N-dealkylation sites (tertiary alicyclic amines) is 1. The molecule has 0 aliphatic carbocycles. The van der Waals surface area contributed by atoms with Crippen molar-refractivity contribution in [3.05, 3.63) is 65.2 Å². The molecule has 1 saturated heterocycles. The highest BCUT2D eigenvalue weighted by molar-refractivity contribution is 5.94. The molecular weight excluding hydrogens is 340 g/mol. The Morgan fingerprint density at radius 3 is 2.48 bits per heavy atom. The van der Waals surface area contributed by atoms with Gasteiger partial charge < -0.3 is 15.0 Å². The van der Waals surface area contributed by atoms with Gasteiger partial charge in [-0.15, -0.1) is 0 Å². The number of ether oxygens (including phenoxy) is 1. The van der Waals surface area contributed by atoms with E-state index in [4.69, 9.17) is 4.74 Å². The van der Waals surface area contributed by atoms with Crippen LogP contribution in [0.2, 0.25) is 0 Å². The predicted octanol–water partition coefficient (Wildman–Crippen LogP) is 2.93. The smallest absolute Gasteiger partial charge is 0.261 e. The zero-order chi connectivity index (χ0) is 18.6. The van der Waals surface area contributed by atoms with Crippen LogP contribution >= 0.6 is 0 Å². The molecule has 2 aromatic rings. The molecule has 140 valence electrons. The lowest BCUT2D eigenvalue weighted by Crippen LogP contribution is -2.37. The lowest BCUT2D eigenvalue weighted by atomic mass is 10.1. The Balaban J connectivity index is 1.30. The number of benzene rings is 2. The molecule has 27 heavy (non-hydrogen) atoms. The van der Waals surface area contributed by atoms with Crippen LogP contribution in [0.4, 0.5) is 0 Å². The van der Waals surface area contributed by atoms with Crippen LogP contribution in [0.25, 0.3) is 0 Å². The summed E-state index contributed by atoms with van der Waals surface area (Å²) in [5, 5.41) is 2.93. The normalized spacial score (nSPS) is 18.5. The summed E-state index contributed by atoms with van der Waals surface area (Å²) in [7, 11) is 0. The SMILES string of the molecule is O=C(NCc1ccc(C(=O)N2CCCCC2)cc1)[C@@H]1Cc2ccccc2O1. The van der Waals surface area contributed by atoms with Crippen LogP contribution in [0.5, 0.6) is 5.75 Å². The van der Waals surface area contributed by atoms with Gasteiger partial charge in [0.05, 0.1) is 0 Å². The molecule has 4 rings (SSSR count). The van der Waals surface area contributed by atoms with Crippen molar-refractivity contribution < 1.29 is 14.3 Å². The van der Waals surface area contributed by atoms with Crippen LogP contribution in [0.1, 0.15) is 40.7 Å². The number of nitrogens with one attached hydrogen (secondary N) is 1. The topological polar surface area (TPSA) is 58.6 Å². The van der Waals surface area contributed by atoms with Crippen molar-refractivity contribution >= 4 is 11.8 Å². The standard InChI is InChI=1S/C22H24N2O3/c25-21(20-14-18-6-2-3-7-19(18)27-20)23-15-16-8-10-17(11-9-16)22(26)24-12-4-1-5-13-24/h2-3,6-11,20H,1,4-5,12-15H2,(H,23,25)/t20-/m0/s1. The first-order valence-electron chi connectivity index (χ1n) is 9.61. The minimum absolute atomic E-state index is 0.0994. The molecule has 0 spiro atoms. The Morgan fingerprint density at radius 2 is 1.74 bits per heavy atom. The maximum atomic E-state index is 12.5. The molecule has 2 aliphatic heterocycles. The average Bonchev–Trinajstić information content (AvgIpc) is 3.17. The zero-order valence-corrected chi connectivity index (χ0v) is 15.3. The van der Waals surface area contributed by atoms with E-state index in [9.17, 15) is 9.59 Å². The molecule has 1 fully saturated rings. The third-order valence-electron chi connectivity index (χ3n) is 5.25. The molecule has 0 bridgehead atoms. The number of carbonyl (C=O) groups excluding carboxylic acids is 2. The van der Waals surface area contributed by atoms with E-state index in [0.29, 0.717) is 18.5 Å². The summed E-state index contributed by atoms with van der Waals surface area (Å²) in [4.78, 5) is 26.8. The van der Waals surface area contributed by atoms with E-state index >= 15 is 0 Å². The van der Waals surface area contributed by atoms with Crippen LogP contribution < -0.4 is 10.1 Å². The zero-order valence-electron chi connectivity index (χ0n) is 15.3. The van der Waals surface area contributed by atoms with E-state index in [0.717, 1.165) is 42.8 Å². The second-order valence-electron chi connectivity index (χ2n) is 7.19. The Kier molecular flexibility index (Phi) is 5.10. The molecule has 0 saturated carbocycles. The second-order valence-corrected chi connectivity index (χ2v) is 7.19. The molecule has 1 atom stereocenters. The number of hydrogen-bond acceptors (Lipinski definition) is 3. The van der Waals surface area contributed by atoms with Crippen molar-refractivity contribution in [2.24, 2.45) is 0 Å². The molecule has 5 heteroatoms. The van der Waals surface area contributed by atoms with Gasteiger partial charge in [-0.1, -0.05) is 30.3 Å². The van der Waals surface area contributed by atoms with E-state index in [-0.39, 0.29) is 11.8 Å². The van der Waals surface area contributed by atoms with E-state index in [2.05, 4.69) is 5.32 Å². The minimum atomic E-state index is -0.470. The molecule has 0 unspecified atom stereocenters. The van der Waals surface area contributed by atoms with Crippen LogP contribution in [0.3, 0.4) is 0 Å². The van der Waals surface area contributed by atoms with E-state index in [1.54, 1.807) is 0 Å². The molecule has 1 N–H and O–H groups in total. The molecule has 2 aromatic carbocycles. The molecule has 5 nitrogen and oxygen atoms in total. The summed E-state index contributed by atoms with van der Waals surface area (Å²) in [6.45, 7) is 2.12. The van der Waals surface area contributed by atoms with Crippen LogP contribution in [-0.4, -0.2) is 35.9 Å². The van der Waals surface area contributed by atoms with E-state index in [1.165, 1.54) is 6.42 Å². The van der Waals surface area contributed by atoms with Gasteiger partial charge in [0.2, 0.25) is 0 Å². The van der Waals surface area contributed by atoms with Crippen LogP contribution in [-0.2, 0) is 17.8 Å². The van der Waals surface area contributed by atoms with Gasteiger partial charge in [0.1, 0.15) is 5.75 Å². The number of piperidine rings is 1. The van der Waals surface area contributed by atoms with Crippen LogP contribution in [0, 0.1) is 0 Å². The van der Waals surface area contributed by atoms with Crippen LogP contribution in [0.15, 0.2) is 48.5 Å². The number of fused-ring (bicyclic) bond motifs is 1. The van der Waals surface area contributed by atoms with E-state index < -0.39 is 6.10 Å². The lowest BCUT2D eigenvalue weighted by Gasteiger charge is -2.26. The summed E-state index contributed by atoms with van der Waals surface area (Å²) in [6, 6.07) is 15.2. The summed E-state index contributed by atoms with van der Waals surface area (Å²) < 4.78 is 5.71. The second kappa shape index (κ2) is 7.82. The van der Waals surface area contributed by atoms with Gasteiger partial charge in [-0.2, -0.15) is 0 Å². The first-order chi connectivity index (χ1) is 13.2. The predicted molar refractivity (Wildman–Crippen MR) is 103 cm³/mol. The molecule has 0 radical (unpaired) electrons. The molecular formula is C22H24N2O3.